The number of ether oxygens (including phenoxy) is 1. The van der Waals surface area contributed by atoms with Gasteiger partial charge in [-0.1, -0.05) is 24.2 Å². The molecule has 0 bridgehead atoms. The minimum atomic E-state index is 0.386. The third-order valence-corrected chi connectivity index (χ3v) is 3.56. The number of methoxy groups -OCH3 is 1. The number of hydrogen-bond acceptors (Lipinski definition) is 4. The quantitative estimate of drug-likeness (QED) is 0.901. The zero-order valence-electron chi connectivity index (χ0n) is 10.5. The summed E-state index contributed by atoms with van der Waals surface area (Å²) in [4.78, 5) is 0. The number of nitrogen functional groups attached to an aromatic ring is 1. The average Bonchev–Trinajstić information content (AvgIpc) is 2.98. The fourth-order valence-corrected chi connectivity index (χ4v) is 2.34. The van der Waals surface area contributed by atoms with Crippen LogP contribution >= 0.6 is 0 Å². The summed E-state index contributed by atoms with van der Waals surface area (Å²) in [7, 11) is 1.65. The van der Waals surface area contributed by atoms with E-state index in [1.807, 2.05) is 24.3 Å². The van der Waals surface area contributed by atoms with Crippen LogP contribution in [0.4, 0.5) is 5.88 Å². The summed E-state index contributed by atoms with van der Waals surface area (Å²) < 4.78 is 10.4. The second kappa shape index (κ2) is 4.05. The van der Waals surface area contributed by atoms with Crippen LogP contribution in [-0.2, 0) is 0 Å². The number of nitrogens with two attached hydrogens (primary N) is 1. The molecule has 1 aliphatic rings. The van der Waals surface area contributed by atoms with Crippen LogP contribution in [0.25, 0.3) is 11.1 Å². The summed E-state index contributed by atoms with van der Waals surface area (Å²) in [6.07, 6.45) is 1.16. The molecule has 4 heteroatoms. The highest BCUT2D eigenvalue weighted by atomic mass is 16.5. The third kappa shape index (κ3) is 1.74. The van der Waals surface area contributed by atoms with E-state index < -0.39 is 0 Å². The Hall–Kier alpha value is -1.97. The second-order valence-corrected chi connectivity index (χ2v) is 4.86. The third-order valence-electron chi connectivity index (χ3n) is 3.56. The topological polar surface area (TPSA) is 61.3 Å². The maximum atomic E-state index is 5.91. The van der Waals surface area contributed by atoms with Crippen molar-refractivity contribution in [2.45, 2.75) is 19.3 Å². The molecule has 2 unspecified atom stereocenters. The van der Waals surface area contributed by atoms with Gasteiger partial charge in [0.25, 0.3) is 0 Å². The largest absolute Gasteiger partial charge is 0.497 e. The molecule has 0 aliphatic heterocycles. The van der Waals surface area contributed by atoms with Crippen molar-refractivity contribution in [1.82, 2.24) is 5.16 Å². The van der Waals surface area contributed by atoms with Crippen LogP contribution in [0.5, 0.6) is 5.75 Å². The lowest BCUT2D eigenvalue weighted by molar-refractivity contribution is 0.415. The number of benzene rings is 1. The monoisotopic (exact) mass is 244 g/mol. The highest BCUT2D eigenvalue weighted by molar-refractivity contribution is 5.76. The highest BCUT2D eigenvalue weighted by Crippen LogP contribution is 2.50. The standard InChI is InChI=1S/C14H16N2O2/c1-8-6-11(8)13-12(14(15)18-16-13)9-4-3-5-10(7-9)17-2/h3-5,7-8,11H,6,15H2,1-2H3. The minimum Gasteiger partial charge on any atom is -0.497 e. The van der Waals surface area contributed by atoms with E-state index >= 15 is 0 Å². The number of rotatable bonds is 3. The number of nitrogens with zero attached hydrogens (tertiary/aromatic N) is 1. The van der Waals surface area contributed by atoms with E-state index in [9.17, 15) is 0 Å². The summed E-state index contributed by atoms with van der Waals surface area (Å²) in [5.41, 5.74) is 8.81. The molecular formula is C14H16N2O2. The second-order valence-electron chi connectivity index (χ2n) is 4.86. The smallest absolute Gasteiger partial charge is 0.230 e. The van der Waals surface area contributed by atoms with Crippen LogP contribution in [0.3, 0.4) is 0 Å². The number of aromatic nitrogens is 1. The number of anilines is 1. The fraction of sp³-hybridized carbons (Fsp3) is 0.357. The number of hydrogen-bond donors (Lipinski definition) is 1. The molecule has 0 amide bonds. The molecule has 0 radical (unpaired) electrons. The van der Waals surface area contributed by atoms with E-state index in [0.717, 1.165) is 29.0 Å². The normalized spacial score (nSPS) is 21.9. The molecule has 2 N–H and O–H groups in total. The first-order valence-electron chi connectivity index (χ1n) is 6.10. The van der Waals surface area contributed by atoms with Crippen molar-refractivity contribution in [2.75, 3.05) is 12.8 Å². The summed E-state index contributed by atoms with van der Waals surface area (Å²) in [6, 6.07) is 7.81. The maximum Gasteiger partial charge on any atom is 0.230 e. The van der Waals surface area contributed by atoms with Gasteiger partial charge in [0.05, 0.1) is 18.4 Å². The van der Waals surface area contributed by atoms with E-state index in [1.54, 1.807) is 7.11 Å². The molecule has 1 aromatic carbocycles. The van der Waals surface area contributed by atoms with E-state index in [1.165, 1.54) is 0 Å². The summed E-state index contributed by atoms with van der Waals surface area (Å²) >= 11 is 0. The van der Waals surface area contributed by atoms with Gasteiger partial charge in [0, 0.05) is 5.92 Å². The van der Waals surface area contributed by atoms with E-state index in [-0.39, 0.29) is 0 Å². The first kappa shape index (κ1) is 11.1. The van der Waals surface area contributed by atoms with E-state index in [2.05, 4.69) is 12.1 Å². The molecule has 1 heterocycles. The lowest BCUT2D eigenvalue weighted by Gasteiger charge is -2.04. The predicted molar refractivity (Wildman–Crippen MR) is 69.4 cm³/mol. The van der Waals surface area contributed by atoms with Gasteiger partial charge < -0.3 is 15.0 Å². The fourth-order valence-electron chi connectivity index (χ4n) is 2.34. The van der Waals surface area contributed by atoms with Crippen LogP contribution in [-0.4, -0.2) is 12.3 Å². The van der Waals surface area contributed by atoms with Crippen LogP contribution in [0, 0.1) is 5.92 Å². The van der Waals surface area contributed by atoms with Crippen molar-refractivity contribution in [3.8, 4) is 16.9 Å². The molecule has 94 valence electrons. The van der Waals surface area contributed by atoms with Crippen LogP contribution < -0.4 is 10.5 Å². The Kier molecular flexibility index (Phi) is 2.51. The van der Waals surface area contributed by atoms with Crippen molar-refractivity contribution in [2.24, 2.45) is 5.92 Å². The highest BCUT2D eigenvalue weighted by Gasteiger charge is 2.39. The molecular weight excluding hydrogens is 228 g/mol. The molecule has 3 rings (SSSR count). The average molecular weight is 244 g/mol. The van der Waals surface area contributed by atoms with E-state index in [4.69, 9.17) is 15.0 Å². The Morgan fingerprint density at radius 2 is 2.22 bits per heavy atom. The van der Waals surface area contributed by atoms with Gasteiger partial charge in [0.15, 0.2) is 0 Å². The Labute approximate surface area is 106 Å². The van der Waals surface area contributed by atoms with Crippen molar-refractivity contribution < 1.29 is 9.26 Å². The molecule has 2 atom stereocenters. The molecule has 1 aliphatic carbocycles. The maximum absolute atomic E-state index is 5.91. The zero-order valence-corrected chi connectivity index (χ0v) is 10.5. The zero-order chi connectivity index (χ0) is 12.7. The van der Waals surface area contributed by atoms with Crippen LogP contribution in [0.1, 0.15) is 25.0 Å². The van der Waals surface area contributed by atoms with Gasteiger partial charge >= 0.3 is 0 Å². The van der Waals surface area contributed by atoms with E-state index in [0.29, 0.717) is 17.7 Å². The summed E-state index contributed by atoms with van der Waals surface area (Å²) in [5, 5.41) is 4.12. The lowest BCUT2D eigenvalue weighted by Crippen LogP contribution is -1.91. The van der Waals surface area contributed by atoms with Crippen LogP contribution in [0.2, 0.25) is 0 Å². The van der Waals surface area contributed by atoms with Crippen molar-refractivity contribution in [1.29, 1.82) is 0 Å². The molecule has 18 heavy (non-hydrogen) atoms. The van der Waals surface area contributed by atoms with Crippen molar-refractivity contribution in [3.05, 3.63) is 30.0 Å². The molecule has 4 nitrogen and oxygen atoms in total. The lowest BCUT2D eigenvalue weighted by atomic mass is 10.0. The van der Waals surface area contributed by atoms with Gasteiger partial charge in [0.2, 0.25) is 5.88 Å². The Morgan fingerprint density at radius 3 is 2.89 bits per heavy atom. The Bertz CT molecular complexity index is 577. The SMILES string of the molecule is COc1cccc(-c2c(C3CC3C)noc2N)c1. The minimum absolute atomic E-state index is 0.386. The van der Waals surface area contributed by atoms with Gasteiger partial charge in [-0.3, -0.25) is 0 Å². The van der Waals surface area contributed by atoms with Crippen molar-refractivity contribution in [3.63, 3.8) is 0 Å². The Balaban J connectivity index is 2.07. The molecule has 0 spiro atoms. The molecule has 2 aromatic rings. The predicted octanol–water partition coefficient (Wildman–Crippen LogP) is 3.06. The Morgan fingerprint density at radius 1 is 1.44 bits per heavy atom. The summed E-state index contributed by atoms with van der Waals surface area (Å²) in [5.74, 6) is 2.34. The molecule has 1 saturated carbocycles. The first-order chi connectivity index (χ1) is 8.70. The van der Waals surface area contributed by atoms with Gasteiger partial charge in [-0.2, -0.15) is 0 Å². The molecule has 0 saturated heterocycles. The van der Waals surface area contributed by atoms with Crippen LogP contribution in [0.15, 0.2) is 28.8 Å². The van der Waals surface area contributed by atoms with Gasteiger partial charge in [-0.05, 0) is 30.0 Å². The van der Waals surface area contributed by atoms with Gasteiger partial charge in [-0.15, -0.1) is 0 Å². The van der Waals surface area contributed by atoms with Gasteiger partial charge in [-0.25, -0.2) is 0 Å². The van der Waals surface area contributed by atoms with Gasteiger partial charge in [0.1, 0.15) is 5.75 Å². The molecule has 1 fully saturated rings. The first-order valence-corrected chi connectivity index (χ1v) is 6.10. The van der Waals surface area contributed by atoms with Crippen molar-refractivity contribution >= 4 is 5.88 Å². The molecule has 1 aromatic heterocycles. The summed E-state index contributed by atoms with van der Waals surface area (Å²) in [6.45, 7) is 2.21.